The number of carbonyl (C=O) groups excluding carboxylic acids is 3. The zero-order valence-electron chi connectivity index (χ0n) is 11.5. The third-order valence-electron chi connectivity index (χ3n) is 1.84. The third-order valence-corrected chi connectivity index (χ3v) is 1.84. The maximum atomic E-state index is 11.6. The molecule has 0 aromatic rings. The smallest absolute Gasteiger partial charge is 0.408 e. The van der Waals surface area contributed by atoms with E-state index in [9.17, 15) is 14.4 Å². The van der Waals surface area contributed by atoms with Crippen molar-refractivity contribution in [2.45, 2.75) is 52.7 Å². The van der Waals surface area contributed by atoms with Crippen molar-refractivity contribution in [2.24, 2.45) is 0 Å². The molecule has 0 spiro atoms. The second kappa shape index (κ2) is 6.98. The minimum atomic E-state index is -0.788. The highest BCUT2D eigenvalue weighted by atomic mass is 16.6. The summed E-state index contributed by atoms with van der Waals surface area (Å²) in [5.41, 5.74) is -0.631. The first-order valence-electron chi connectivity index (χ1n) is 5.83. The monoisotopic (exact) mass is 259 g/mol. The fourth-order valence-electron chi connectivity index (χ4n) is 1.07. The van der Waals surface area contributed by atoms with E-state index in [1.165, 1.54) is 6.92 Å². The van der Waals surface area contributed by atoms with Crippen LogP contribution in [-0.2, 0) is 19.1 Å². The van der Waals surface area contributed by atoms with Crippen molar-refractivity contribution in [3.8, 4) is 0 Å². The lowest BCUT2D eigenvalue weighted by Crippen LogP contribution is -2.42. The van der Waals surface area contributed by atoms with Gasteiger partial charge in [0.25, 0.3) is 0 Å². The van der Waals surface area contributed by atoms with E-state index in [0.29, 0.717) is 0 Å². The molecule has 0 heterocycles. The molecule has 0 aliphatic carbocycles. The van der Waals surface area contributed by atoms with Gasteiger partial charge < -0.3 is 14.8 Å². The van der Waals surface area contributed by atoms with E-state index in [1.807, 2.05) is 0 Å². The molecule has 1 amide bonds. The van der Waals surface area contributed by atoms with Gasteiger partial charge in [0, 0.05) is 0 Å². The Morgan fingerprint density at radius 2 is 1.78 bits per heavy atom. The molecule has 0 aliphatic rings. The van der Waals surface area contributed by atoms with Crippen LogP contribution in [0, 0.1) is 0 Å². The summed E-state index contributed by atoms with van der Waals surface area (Å²) in [5.74, 6) is -1.01. The Morgan fingerprint density at radius 3 is 2.22 bits per heavy atom. The number of esters is 1. The molecule has 6 nitrogen and oxygen atoms in total. The lowest BCUT2D eigenvalue weighted by atomic mass is 10.1. The van der Waals surface area contributed by atoms with Crippen molar-refractivity contribution in [3.05, 3.63) is 0 Å². The second-order valence-corrected chi connectivity index (χ2v) is 4.82. The molecule has 0 aromatic heterocycles. The molecule has 0 fully saturated rings. The summed E-state index contributed by atoms with van der Waals surface area (Å²) in [6.07, 6.45) is -1.04. The fraction of sp³-hybridized carbons (Fsp3) is 0.750. The Bertz CT molecular complexity index is 319. The van der Waals surface area contributed by atoms with Crippen LogP contribution < -0.4 is 5.32 Å². The Kier molecular flexibility index (Phi) is 6.36. The predicted octanol–water partition coefficient (Wildman–Crippen LogP) is 1.42. The number of rotatable bonds is 5. The molecule has 1 atom stereocenters. The van der Waals surface area contributed by atoms with Gasteiger partial charge in [0.1, 0.15) is 12.0 Å². The average Bonchev–Trinajstić information content (AvgIpc) is 2.14. The predicted molar refractivity (Wildman–Crippen MR) is 65.1 cm³/mol. The highest BCUT2D eigenvalue weighted by Crippen LogP contribution is 2.07. The first-order chi connectivity index (χ1) is 8.15. The van der Waals surface area contributed by atoms with Gasteiger partial charge in [0.2, 0.25) is 0 Å². The van der Waals surface area contributed by atoms with E-state index in [2.05, 4.69) is 10.1 Å². The Hall–Kier alpha value is -1.59. The Morgan fingerprint density at radius 1 is 1.22 bits per heavy atom. The summed E-state index contributed by atoms with van der Waals surface area (Å²) >= 11 is 0. The highest BCUT2D eigenvalue weighted by Gasteiger charge is 2.22. The third kappa shape index (κ3) is 7.65. The van der Waals surface area contributed by atoms with E-state index in [4.69, 9.17) is 4.74 Å². The number of ketones is 1. The van der Waals surface area contributed by atoms with Gasteiger partial charge in [-0.1, -0.05) is 0 Å². The van der Waals surface area contributed by atoms with Gasteiger partial charge in [-0.3, -0.25) is 9.59 Å². The summed E-state index contributed by atoms with van der Waals surface area (Å²) in [6.45, 7) is 8.53. The molecule has 1 N–H and O–H groups in total. The average molecular weight is 259 g/mol. The molecule has 0 aromatic carbocycles. The molecule has 0 aliphatic heterocycles. The van der Waals surface area contributed by atoms with Crippen LogP contribution in [0.3, 0.4) is 0 Å². The number of alkyl carbamates (subject to hydrolysis) is 1. The quantitative estimate of drug-likeness (QED) is 0.596. The summed E-state index contributed by atoms with van der Waals surface area (Å²) in [5, 5.41) is 2.37. The minimum absolute atomic E-state index is 0.222. The van der Waals surface area contributed by atoms with Crippen molar-refractivity contribution in [1.82, 2.24) is 5.32 Å². The van der Waals surface area contributed by atoms with E-state index < -0.39 is 29.5 Å². The number of hydrogen-bond acceptors (Lipinski definition) is 5. The Balaban J connectivity index is 4.16. The van der Waals surface area contributed by atoms with Crippen LogP contribution in [0.2, 0.25) is 0 Å². The summed E-state index contributed by atoms with van der Waals surface area (Å²) in [6, 6.07) is -0.788. The maximum Gasteiger partial charge on any atom is 0.408 e. The summed E-state index contributed by atoms with van der Waals surface area (Å²) in [7, 11) is 0. The van der Waals surface area contributed by atoms with Crippen LogP contribution in [0.25, 0.3) is 0 Å². The van der Waals surface area contributed by atoms with Crippen molar-refractivity contribution < 1.29 is 23.9 Å². The van der Waals surface area contributed by atoms with Crippen LogP contribution in [0.15, 0.2) is 0 Å². The normalized spacial score (nSPS) is 12.5. The van der Waals surface area contributed by atoms with Crippen LogP contribution >= 0.6 is 0 Å². The molecule has 0 saturated heterocycles. The van der Waals surface area contributed by atoms with Crippen molar-refractivity contribution in [2.75, 3.05) is 6.61 Å². The first-order valence-corrected chi connectivity index (χ1v) is 5.83. The molecule has 6 heteroatoms. The van der Waals surface area contributed by atoms with Gasteiger partial charge in [-0.15, -0.1) is 0 Å². The molecular formula is C12H21NO5. The second-order valence-electron chi connectivity index (χ2n) is 4.82. The van der Waals surface area contributed by atoms with Crippen LogP contribution in [-0.4, -0.2) is 36.1 Å². The fourth-order valence-corrected chi connectivity index (χ4v) is 1.07. The number of nitrogens with one attached hydrogen (secondary N) is 1. The lowest BCUT2D eigenvalue weighted by molar-refractivity contribution is -0.145. The number of amides is 1. The van der Waals surface area contributed by atoms with Crippen LogP contribution in [0.5, 0.6) is 0 Å². The van der Waals surface area contributed by atoms with Crippen molar-refractivity contribution in [1.29, 1.82) is 0 Å². The van der Waals surface area contributed by atoms with Crippen molar-refractivity contribution in [3.63, 3.8) is 0 Å². The lowest BCUT2D eigenvalue weighted by Gasteiger charge is -2.21. The SMILES string of the molecule is CCOC(=O)CC(=O)C(C)NC(=O)OC(C)(C)C. The maximum absolute atomic E-state index is 11.6. The summed E-state index contributed by atoms with van der Waals surface area (Å²) in [4.78, 5) is 34.0. The first kappa shape index (κ1) is 16.4. The molecule has 18 heavy (non-hydrogen) atoms. The number of Topliss-reactive ketones (excluding diaryl/α,β-unsaturated/α-hetero) is 1. The topological polar surface area (TPSA) is 81.7 Å². The zero-order chi connectivity index (χ0) is 14.3. The number of carbonyl (C=O) groups is 3. The molecular weight excluding hydrogens is 238 g/mol. The van der Waals surface area contributed by atoms with Gasteiger partial charge in [-0.05, 0) is 34.6 Å². The van der Waals surface area contributed by atoms with Gasteiger partial charge in [0.15, 0.2) is 5.78 Å². The Labute approximate surface area is 107 Å². The summed E-state index contributed by atoms with van der Waals surface area (Å²) < 4.78 is 9.64. The zero-order valence-corrected chi connectivity index (χ0v) is 11.5. The van der Waals surface area contributed by atoms with Gasteiger partial charge in [0.05, 0.1) is 12.6 Å². The molecule has 0 saturated carbocycles. The largest absolute Gasteiger partial charge is 0.466 e. The van der Waals surface area contributed by atoms with E-state index in [-0.39, 0.29) is 13.0 Å². The van der Waals surface area contributed by atoms with Gasteiger partial charge >= 0.3 is 12.1 Å². The standard InChI is InChI=1S/C12H21NO5/c1-6-17-10(15)7-9(14)8(2)13-11(16)18-12(3,4)5/h8H,6-7H2,1-5H3,(H,13,16). The van der Waals surface area contributed by atoms with Gasteiger partial charge in [-0.2, -0.15) is 0 Å². The molecule has 0 rings (SSSR count). The molecule has 104 valence electrons. The van der Waals surface area contributed by atoms with E-state index >= 15 is 0 Å². The van der Waals surface area contributed by atoms with E-state index in [1.54, 1.807) is 27.7 Å². The number of hydrogen-bond donors (Lipinski definition) is 1. The van der Waals surface area contributed by atoms with Crippen LogP contribution in [0.1, 0.15) is 41.0 Å². The molecule has 0 radical (unpaired) electrons. The molecule has 1 unspecified atom stereocenters. The van der Waals surface area contributed by atoms with E-state index in [0.717, 1.165) is 0 Å². The van der Waals surface area contributed by atoms with Crippen LogP contribution in [0.4, 0.5) is 4.79 Å². The van der Waals surface area contributed by atoms with Crippen molar-refractivity contribution >= 4 is 17.8 Å². The number of ether oxygens (including phenoxy) is 2. The highest BCUT2D eigenvalue weighted by molar-refractivity contribution is 5.99. The minimum Gasteiger partial charge on any atom is -0.466 e. The molecule has 0 bridgehead atoms. The van der Waals surface area contributed by atoms with Gasteiger partial charge in [-0.25, -0.2) is 4.79 Å².